The quantitative estimate of drug-likeness (QED) is 0.320. The number of nitrogens with zero attached hydrogens (tertiary/aromatic N) is 3. The van der Waals surface area contributed by atoms with Crippen LogP contribution < -0.4 is 9.47 Å². The van der Waals surface area contributed by atoms with Crippen LogP contribution in [0.1, 0.15) is 17.5 Å². The summed E-state index contributed by atoms with van der Waals surface area (Å²) in [5.41, 5.74) is 4.33. The fourth-order valence-electron chi connectivity index (χ4n) is 4.78. The third-order valence-electron chi connectivity index (χ3n) is 6.69. The lowest BCUT2D eigenvalue weighted by Gasteiger charge is -2.12. The van der Waals surface area contributed by atoms with E-state index in [0.717, 1.165) is 33.0 Å². The minimum absolute atomic E-state index is 0.0456. The highest BCUT2D eigenvalue weighted by atomic mass is 32.2. The van der Waals surface area contributed by atoms with Crippen LogP contribution in [0.4, 0.5) is 0 Å². The van der Waals surface area contributed by atoms with Crippen molar-refractivity contribution in [2.75, 3.05) is 20.8 Å². The molecule has 0 unspecified atom stereocenters. The van der Waals surface area contributed by atoms with E-state index < -0.39 is 10.0 Å². The van der Waals surface area contributed by atoms with E-state index in [-0.39, 0.29) is 11.5 Å². The van der Waals surface area contributed by atoms with Crippen LogP contribution in [0.2, 0.25) is 0 Å². The second-order valence-corrected chi connectivity index (χ2v) is 10.8. The summed E-state index contributed by atoms with van der Waals surface area (Å²) >= 11 is 0. The van der Waals surface area contributed by atoms with Gasteiger partial charge in [-0.3, -0.25) is 0 Å². The standard InChI is InChI=1S/C28H29N3O5S/c1-18-7-9-20(10-8-18)37(33,34)31-25(14-21-19(6-5-13-32)11-12-29-28(21)31)23-17-30(2)24-16-27(36-4)26(35-3)15-22(23)24/h7-12,14-17,32H,5-6,13H2,1-4H3. The summed E-state index contributed by atoms with van der Waals surface area (Å²) in [6.07, 6.45) is 4.70. The molecule has 1 N–H and O–H groups in total. The molecule has 192 valence electrons. The molecule has 0 aliphatic rings. The maximum atomic E-state index is 14.1. The Hall–Kier alpha value is -3.82. The first-order valence-corrected chi connectivity index (χ1v) is 13.4. The predicted molar refractivity (Wildman–Crippen MR) is 144 cm³/mol. The van der Waals surface area contributed by atoms with Crippen molar-refractivity contribution >= 4 is 32.0 Å². The molecule has 5 aromatic rings. The van der Waals surface area contributed by atoms with E-state index in [1.165, 1.54) is 3.97 Å². The van der Waals surface area contributed by atoms with Crippen LogP contribution in [0.15, 0.2) is 65.8 Å². The fraction of sp³-hybridized carbons (Fsp3) is 0.250. The first-order chi connectivity index (χ1) is 17.8. The molecule has 0 aliphatic heterocycles. The van der Waals surface area contributed by atoms with Gasteiger partial charge in [0.2, 0.25) is 0 Å². The highest BCUT2D eigenvalue weighted by Gasteiger charge is 2.27. The average Bonchev–Trinajstić information content (AvgIpc) is 3.45. The van der Waals surface area contributed by atoms with Crippen LogP contribution in [0.3, 0.4) is 0 Å². The van der Waals surface area contributed by atoms with Gasteiger partial charge in [-0.2, -0.15) is 0 Å². The van der Waals surface area contributed by atoms with Crippen LogP contribution >= 0.6 is 0 Å². The van der Waals surface area contributed by atoms with Gasteiger partial charge in [-0.25, -0.2) is 17.4 Å². The van der Waals surface area contributed by atoms with E-state index in [2.05, 4.69) is 4.98 Å². The molecule has 0 amide bonds. The molecule has 3 heterocycles. The van der Waals surface area contributed by atoms with E-state index in [4.69, 9.17) is 9.47 Å². The second-order valence-electron chi connectivity index (χ2n) is 9.02. The number of ether oxygens (including phenoxy) is 2. The Labute approximate surface area is 215 Å². The first-order valence-electron chi connectivity index (χ1n) is 11.9. The van der Waals surface area contributed by atoms with E-state index in [1.54, 1.807) is 44.7 Å². The number of fused-ring (bicyclic) bond motifs is 2. The van der Waals surface area contributed by atoms with Crippen molar-refractivity contribution in [3.05, 3.63) is 72.1 Å². The third-order valence-corrected chi connectivity index (χ3v) is 8.40. The number of aliphatic hydroxyl groups is 1. The van der Waals surface area contributed by atoms with Gasteiger partial charge in [-0.1, -0.05) is 17.7 Å². The Morgan fingerprint density at radius 3 is 2.35 bits per heavy atom. The summed E-state index contributed by atoms with van der Waals surface area (Å²) < 4.78 is 42.6. The molecule has 9 heteroatoms. The lowest BCUT2D eigenvalue weighted by atomic mass is 10.1. The molecule has 0 aliphatic carbocycles. The molecule has 0 atom stereocenters. The summed E-state index contributed by atoms with van der Waals surface area (Å²) in [6, 6.07) is 14.3. The smallest absolute Gasteiger partial charge is 0.269 e. The largest absolute Gasteiger partial charge is 0.493 e. The Morgan fingerprint density at radius 2 is 1.68 bits per heavy atom. The van der Waals surface area contributed by atoms with Crippen molar-refractivity contribution in [2.45, 2.75) is 24.7 Å². The summed E-state index contributed by atoms with van der Waals surface area (Å²) in [7, 11) is 1.06. The summed E-state index contributed by atoms with van der Waals surface area (Å²) in [5, 5.41) is 11.0. The Morgan fingerprint density at radius 1 is 0.973 bits per heavy atom. The number of aromatic nitrogens is 3. The average molecular weight is 520 g/mol. The maximum Gasteiger partial charge on any atom is 0.269 e. The number of methoxy groups -OCH3 is 2. The van der Waals surface area contributed by atoms with Crippen LogP contribution in [0.25, 0.3) is 33.2 Å². The van der Waals surface area contributed by atoms with Crippen LogP contribution in [-0.2, 0) is 23.5 Å². The molecule has 0 radical (unpaired) electrons. The van der Waals surface area contributed by atoms with Crippen LogP contribution in [-0.4, -0.2) is 47.9 Å². The van der Waals surface area contributed by atoms with Gasteiger partial charge in [-0.05, 0) is 55.7 Å². The Bertz CT molecular complexity index is 1720. The van der Waals surface area contributed by atoms with Crippen molar-refractivity contribution in [3.63, 3.8) is 0 Å². The molecule has 2 aromatic carbocycles. The highest BCUT2D eigenvalue weighted by Crippen LogP contribution is 2.41. The van der Waals surface area contributed by atoms with Gasteiger partial charge in [0.05, 0.1) is 30.3 Å². The molecule has 5 rings (SSSR count). The van der Waals surface area contributed by atoms with Crippen molar-refractivity contribution < 1.29 is 23.0 Å². The number of aliphatic hydroxyl groups excluding tert-OH is 1. The van der Waals surface area contributed by atoms with Crippen molar-refractivity contribution in [1.29, 1.82) is 0 Å². The lowest BCUT2D eigenvalue weighted by Crippen LogP contribution is -2.14. The molecule has 0 saturated heterocycles. The molecular formula is C28H29N3O5S. The SMILES string of the molecule is COc1cc2c(-c3cc4c(CCCO)ccnc4n3S(=O)(=O)c3ccc(C)cc3)cn(C)c2cc1OC. The molecule has 0 fully saturated rings. The number of benzene rings is 2. The Kier molecular flexibility index (Phi) is 6.43. The molecule has 0 spiro atoms. The van der Waals surface area contributed by atoms with Gasteiger partial charge in [0.15, 0.2) is 17.1 Å². The number of pyridine rings is 1. The summed E-state index contributed by atoms with van der Waals surface area (Å²) in [6.45, 7) is 1.96. The number of aryl methyl sites for hydroxylation is 3. The molecular weight excluding hydrogens is 490 g/mol. The fourth-order valence-corrected chi connectivity index (χ4v) is 6.25. The predicted octanol–water partition coefficient (Wildman–Crippen LogP) is 4.68. The van der Waals surface area contributed by atoms with Crippen molar-refractivity contribution in [3.8, 4) is 22.8 Å². The zero-order chi connectivity index (χ0) is 26.3. The molecule has 0 saturated carbocycles. The van der Waals surface area contributed by atoms with Crippen molar-refractivity contribution in [1.82, 2.24) is 13.5 Å². The first kappa shape index (κ1) is 24.9. The monoisotopic (exact) mass is 519 g/mol. The highest BCUT2D eigenvalue weighted by molar-refractivity contribution is 7.90. The van der Waals surface area contributed by atoms with Crippen LogP contribution in [0, 0.1) is 6.92 Å². The Balaban J connectivity index is 1.86. The van der Waals surface area contributed by atoms with Gasteiger partial charge < -0.3 is 19.1 Å². The van der Waals surface area contributed by atoms with E-state index in [1.807, 2.05) is 49.0 Å². The molecule has 37 heavy (non-hydrogen) atoms. The topological polar surface area (TPSA) is 95.6 Å². The lowest BCUT2D eigenvalue weighted by molar-refractivity contribution is 0.289. The van der Waals surface area contributed by atoms with Gasteiger partial charge in [0.1, 0.15) is 0 Å². The normalized spacial score (nSPS) is 11.9. The maximum absolute atomic E-state index is 14.1. The second kappa shape index (κ2) is 9.57. The zero-order valence-corrected chi connectivity index (χ0v) is 22.0. The number of rotatable bonds is 8. The van der Waals surface area contributed by atoms with Crippen molar-refractivity contribution in [2.24, 2.45) is 7.05 Å². The summed E-state index contributed by atoms with van der Waals surface area (Å²) in [5.74, 6) is 1.14. The molecule has 3 aromatic heterocycles. The van der Waals surface area contributed by atoms with Gasteiger partial charge in [0, 0.05) is 48.5 Å². The van der Waals surface area contributed by atoms with Gasteiger partial charge in [-0.15, -0.1) is 0 Å². The molecule has 8 nitrogen and oxygen atoms in total. The minimum Gasteiger partial charge on any atom is -0.493 e. The van der Waals surface area contributed by atoms with Gasteiger partial charge >= 0.3 is 0 Å². The van der Waals surface area contributed by atoms with Gasteiger partial charge in [0.25, 0.3) is 10.0 Å². The van der Waals surface area contributed by atoms with E-state index >= 15 is 0 Å². The zero-order valence-electron chi connectivity index (χ0n) is 21.2. The number of hydrogen-bond donors (Lipinski definition) is 1. The summed E-state index contributed by atoms with van der Waals surface area (Å²) in [4.78, 5) is 4.70. The van der Waals surface area contributed by atoms with E-state index in [9.17, 15) is 13.5 Å². The number of hydrogen-bond acceptors (Lipinski definition) is 6. The van der Waals surface area contributed by atoms with Crippen LogP contribution in [0.5, 0.6) is 11.5 Å². The minimum atomic E-state index is -4.00. The molecule has 0 bridgehead atoms. The van der Waals surface area contributed by atoms with E-state index in [0.29, 0.717) is 35.7 Å². The third kappa shape index (κ3) is 4.14.